The first-order chi connectivity index (χ1) is 7.13. The monoisotopic (exact) mass is 202 g/mol. The van der Waals surface area contributed by atoms with E-state index in [4.69, 9.17) is 0 Å². The van der Waals surface area contributed by atoms with Gasteiger partial charge in [0.1, 0.15) is 0 Å². The van der Waals surface area contributed by atoms with E-state index in [1.807, 2.05) is 37.3 Å². The molecule has 0 aliphatic heterocycles. The van der Waals surface area contributed by atoms with Gasteiger partial charge in [0.15, 0.2) is 0 Å². The molecule has 1 aromatic carbocycles. The summed E-state index contributed by atoms with van der Waals surface area (Å²) in [6.07, 6.45) is 3.48. The first kappa shape index (κ1) is 11.2. The number of hydrogen-bond donors (Lipinski definition) is 0. The van der Waals surface area contributed by atoms with Crippen molar-refractivity contribution in [2.75, 3.05) is 7.11 Å². The highest BCUT2D eigenvalue weighted by Gasteiger charge is 2.00. The predicted molar refractivity (Wildman–Crippen MR) is 61.4 cm³/mol. The maximum Gasteiger partial charge on any atom is 0.337 e. The van der Waals surface area contributed by atoms with E-state index in [-0.39, 0.29) is 0 Å². The fourth-order valence-electron chi connectivity index (χ4n) is 1.07. The van der Waals surface area contributed by atoms with Crippen molar-refractivity contribution in [1.29, 1.82) is 0 Å². The summed E-state index contributed by atoms with van der Waals surface area (Å²) in [4.78, 5) is 11.0. The number of aryl methyl sites for hydroxylation is 1. The number of ether oxygens (including phenoxy) is 1. The standard InChI is InChI=1S/C13H14O2/c1-10-4-7-12(8-5-10)9-6-11(2)13(14)15-3/h4-9H,2H2,1,3H3. The third kappa shape index (κ3) is 3.43. The van der Waals surface area contributed by atoms with Gasteiger partial charge in [0.2, 0.25) is 0 Å². The summed E-state index contributed by atoms with van der Waals surface area (Å²) in [6, 6.07) is 7.99. The third-order valence-electron chi connectivity index (χ3n) is 2.00. The minimum atomic E-state index is -0.404. The third-order valence-corrected chi connectivity index (χ3v) is 2.00. The molecule has 0 spiro atoms. The molecule has 0 aromatic heterocycles. The highest BCUT2D eigenvalue weighted by atomic mass is 16.5. The van der Waals surface area contributed by atoms with E-state index in [9.17, 15) is 4.79 Å². The summed E-state index contributed by atoms with van der Waals surface area (Å²) in [5, 5.41) is 0. The second-order valence-electron chi connectivity index (χ2n) is 3.26. The number of rotatable bonds is 3. The molecule has 78 valence electrons. The Kier molecular flexibility index (Phi) is 3.86. The van der Waals surface area contributed by atoms with Gasteiger partial charge in [-0.1, -0.05) is 42.5 Å². The van der Waals surface area contributed by atoms with Crippen molar-refractivity contribution in [1.82, 2.24) is 0 Å². The van der Waals surface area contributed by atoms with Gasteiger partial charge in [0.05, 0.1) is 12.7 Å². The first-order valence-corrected chi connectivity index (χ1v) is 4.65. The molecule has 0 N–H and O–H groups in total. The fraction of sp³-hybridized carbons (Fsp3) is 0.154. The van der Waals surface area contributed by atoms with Crippen LogP contribution in [0.1, 0.15) is 11.1 Å². The second-order valence-corrected chi connectivity index (χ2v) is 3.26. The molecular weight excluding hydrogens is 188 g/mol. The van der Waals surface area contributed by atoms with Crippen molar-refractivity contribution < 1.29 is 9.53 Å². The SMILES string of the molecule is C=C(C=Cc1ccc(C)cc1)C(=O)OC. The van der Waals surface area contributed by atoms with E-state index >= 15 is 0 Å². The van der Waals surface area contributed by atoms with Crippen LogP contribution in [0.4, 0.5) is 0 Å². The number of carbonyl (C=O) groups excluding carboxylic acids is 1. The minimum absolute atomic E-state index is 0.345. The van der Waals surface area contributed by atoms with Crippen LogP contribution in [0.5, 0.6) is 0 Å². The molecule has 0 aliphatic rings. The summed E-state index contributed by atoms with van der Waals surface area (Å²) in [6.45, 7) is 5.63. The van der Waals surface area contributed by atoms with Gasteiger partial charge < -0.3 is 4.74 Å². The van der Waals surface area contributed by atoms with Crippen LogP contribution in [-0.4, -0.2) is 13.1 Å². The number of carbonyl (C=O) groups is 1. The highest BCUT2D eigenvalue weighted by Crippen LogP contribution is 2.07. The molecule has 1 rings (SSSR count). The number of hydrogen-bond acceptors (Lipinski definition) is 2. The van der Waals surface area contributed by atoms with E-state index < -0.39 is 5.97 Å². The molecule has 0 unspecified atom stereocenters. The lowest BCUT2D eigenvalue weighted by molar-refractivity contribution is -0.135. The van der Waals surface area contributed by atoms with Gasteiger partial charge in [-0.3, -0.25) is 0 Å². The maximum atomic E-state index is 11.0. The normalized spacial score (nSPS) is 10.3. The summed E-state index contributed by atoms with van der Waals surface area (Å²) in [5.74, 6) is -0.404. The lowest BCUT2D eigenvalue weighted by Crippen LogP contribution is -2.00. The van der Waals surface area contributed by atoms with Crippen LogP contribution in [0, 0.1) is 6.92 Å². The van der Waals surface area contributed by atoms with Crippen molar-refractivity contribution in [3.8, 4) is 0 Å². The number of methoxy groups -OCH3 is 1. The van der Waals surface area contributed by atoms with Crippen LogP contribution < -0.4 is 0 Å². The zero-order valence-corrected chi connectivity index (χ0v) is 8.99. The quantitative estimate of drug-likeness (QED) is 0.428. The zero-order valence-electron chi connectivity index (χ0n) is 8.99. The summed E-state index contributed by atoms with van der Waals surface area (Å²) < 4.78 is 4.53. The molecule has 0 atom stereocenters. The maximum absolute atomic E-state index is 11.0. The van der Waals surface area contributed by atoms with E-state index in [2.05, 4.69) is 11.3 Å². The van der Waals surface area contributed by atoms with Crippen LogP contribution in [-0.2, 0) is 9.53 Å². The Hall–Kier alpha value is -1.83. The van der Waals surface area contributed by atoms with Gasteiger partial charge >= 0.3 is 5.97 Å². The van der Waals surface area contributed by atoms with Crippen LogP contribution in [0.15, 0.2) is 42.5 Å². The van der Waals surface area contributed by atoms with Gasteiger partial charge in [-0.15, -0.1) is 0 Å². The summed E-state index contributed by atoms with van der Waals surface area (Å²) in [5.41, 5.74) is 2.59. The zero-order chi connectivity index (χ0) is 11.3. The number of esters is 1. The van der Waals surface area contributed by atoms with Crippen molar-refractivity contribution >= 4 is 12.0 Å². The van der Waals surface area contributed by atoms with Crippen molar-refractivity contribution in [3.63, 3.8) is 0 Å². The Morgan fingerprint density at radius 3 is 2.47 bits per heavy atom. The average Bonchev–Trinajstić information content (AvgIpc) is 2.26. The second kappa shape index (κ2) is 5.15. The van der Waals surface area contributed by atoms with E-state index in [1.54, 1.807) is 6.08 Å². The van der Waals surface area contributed by atoms with Gasteiger partial charge in [0, 0.05) is 0 Å². The summed E-state index contributed by atoms with van der Waals surface area (Å²) in [7, 11) is 1.34. The highest BCUT2D eigenvalue weighted by molar-refractivity contribution is 5.91. The lowest BCUT2D eigenvalue weighted by atomic mass is 10.1. The molecule has 0 saturated heterocycles. The van der Waals surface area contributed by atoms with Crippen LogP contribution in [0.25, 0.3) is 6.08 Å². The van der Waals surface area contributed by atoms with E-state index in [0.717, 1.165) is 5.56 Å². The molecular formula is C13H14O2. The van der Waals surface area contributed by atoms with Crippen molar-refractivity contribution in [2.45, 2.75) is 6.92 Å². The Bertz CT molecular complexity index is 386. The van der Waals surface area contributed by atoms with E-state index in [1.165, 1.54) is 12.7 Å². The average molecular weight is 202 g/mol. The molecule has 0 bridgehead atoms. The molecule has 2 nitrogen and oxygen atoms in total. The molecule has 0 amide bonds. The van der Waals surface area contributed by atoms with Crippen LogP contribution in [0.2, 0.25) is 0 Å². The summed E-state index contributed by atoms with van der Waals surface area (Å²) >= 11 is 0. The Labute approximate surface area is 89.9 Å². The van der Waals surface area contributed by atoms with E-state index in [0.29, 0.717) is 5.57 Å². The molecule has 1 aromatic rings. The lowest BCUT2D eigenvalue weighted by Gasteiger charge is -1.97. The molecule has 2 heteroatoms. The van der Waals surface area contributed by atoms with Crippen molar-refractivity contribution in [2.24, 2.45) is 0 Å². The smallest absolute Gasteiger partial charge is 0.337 e. The topological polar surface area (TPSA) is 26.3 Å². The van der Waals surface area contributed by atoms with Gasteiger partial charge in [-0.05, 0) is 18.6 Å². The van der Waals surface area contributed by atoms with Crippen molar-refractivity contribution in [3.05, 3.63) is 53.6 Å². The van der Waals surface area contributed by atoms with Gasteiger partial charge in [-0.2, -0.15) is 0 Å². The molecule has 0 fully saturated rings. The predicted octanol–water partition coefficient (Wildman–Crippen LogP) is 2.74. The molecule has 0 aliphatic carbocycles. The van der Waals surface area contributed by atoms with Gasteiger partial charge in [0.25, 0.3) is 0 Å². The molecule has 0 saturated carbocycles. The van der Waals surface area contributed by atoms with Crippen LogP contribution in [0.3, 0.4) is 0 Å². The Morgan fingerprint density at radius 1 is 1.33 bits per heavy atom. The largest absolute Gasteiger partial charge is 0.465 e. The molecule has 0 heterocycles. The Morgan fingerprint density at radius 2 is 1.93 bits per heavy atom. The fourth-order valence-corrected chi connectivity index (χ4v) is 1.07. The Balaban J connectivity index is 2.69. The minimum Gasteiger partial charge on any atom is -0.465 e. The molecule has 0 radical (unpaired) electrons. The van der Waals surface area contributed by atoms with Gasteiger partial charge in [-0.25, -0.2) is 4.79 Å². The number of benzene rings is 1. The van der Waals surface area contributed by atoms with Crippen LogP contribution >= 0.6 is 0 Å². The molecule has 15 heavy (non-hydrogen) atoms. The first-order valence-electron chi connectivity index (χ1n) is 4.65.